The van der Waals surface area contributed by atoms with Gasteiger partial charge in [0.25, 0.3) is 0 Å². The Morgan fingerprint density at radius 3 is 2.48 bits per heavy atom. The van der Waals surface area contributed by atoms with Gasteiger partial charge < -0.3 is 0 Å². The minimum atomic E-state index is -0.684. The van der Waals surface area contributed by atoms with E-state index in [1.165, 1.54) is 0 Å². The summed E-state index contributed by atoms with van der Waals surface area (Å²) >= 11 is 0.298. The Labute approximate surface area is 136 Å². The average molecular weight is 382 g/mol. The molecule has 0 aliphatic rings. The summed E-state index contributed by atoms with van der Waals surface area (Å²) in [5.74, 6) is 0.0488. The van der Waals surface area contributed by atoms with E-state index < -0.39 is 23.7 Å². The Hall–Kier alpha value is -0.651. The first-order valence-corrected chi connectivity index (χ1v) is 10.9. The zero-order valence-electron chi connectivity index (χ0n) is 13.4. The van der Waals surface area contributed by atoms with Crippen LogP contribution in [0.4, 0.5) is 4.79 Å². The van der Waals surface area contributed by atoms with Crippen molar-refractivity contribution in [3.8, 4) is 0 Å². The summed E-state index contributed by atoms with van der Waals surface area (Å²) < 4.78 is 10.1. The predicted octanol–water partition coefficient (Wildman–Crippen LogP) is 2.79. The van der Waals surface area contributed by atoms with Crippen LogP contribution in [-0.4, -0.2) is 49.9 Å². The normalized spacial score (nSPS) is 12.4. The molecule has 0 aromatic heterocycles. The summed E-state index contributed by atoms with van der Waals surface area (Å²) in [6, 6.07) is -0.684. The molecule has 0 saturated heterocycles. The fraction of sp³-hybridized carbons (Fsp3) is 0.714. The first-order valence-electron chi connectivity index (χ1n) is 6.70. The number of carbonyl (C=O) groups is 2. The molecule has 0 aliphatic carbocycles. The number of rotatable bonds is 8. The van der Waals surface area contributed by atoms with Gasteiger partial charge in [0.05, 0.1) is 0 Å². The third-order valence-corrected chi connectivity index (χ3v) is 6.32. The quantitative estimate of drug-likeness (QED) is 0.303. The van der Waals surface area contributed by atoms with Crippen LogP contribution in [0, 0.1) is 0 Å². The third kappa shape index (κ3) is 11.7. The monoisotopic (exact) mass is 383 g/mol. The molecule has 0 unspecified atom stereocenters. The van der Waals surface area contributed by atoms with Gasteiger partial charge in [-0.3, -0.25) is 0 Å². The molecule has 0 aromatic carbocycles. The first kappa shape index (κ1) is 20.3. The van der Waals surface area contributed by atoms with Crippen LogP contribution in [0.1, 0.15) is 34.6 Å². The Morgan fingerprint density at radius 2 is 2.00 bits per heavy atom. The van der Waals surface area contributed by atoms with Crippen LogP contribution < -0.4 is 5.32 Å². The van der Waals surface area contributed by atoms with Crippen LogP contribution in [-0.2, 0) is 14.3 Å². The van der Waals surface area contributed by atoms with Crippen molar-refractivity contribution in [3.05, 3.63) is 12.2 Å². The number of esters is 1. The molecule has 21 heavy (non-hydrogen) atoms. The summed E-state index contributed by atoms with van der Waals surface area (Å²) in [4.78, 5) is 23.6. The van der Waals surface area contributed by atoms with Crippen LogP contribution in [0.5, 0.6) is 0 Å². The predicted molar refractivity (Wildman–Crippen MR) is 87.6 cm³/mol. The van der Waals surface area contributed by atoms with Crippen molar-refractivity contribution in [1.82, 2.24) is 5.32 Å². The fourth-order valence-corrected chi connectivity index (χ4v) is 5.11. The van der Waals surface area contributed by atoms with Gasteiger partial charge in [-0.2, -0.15) is 0 Å². The molecule has 1 N–H and O–H groups in total. The van der Waals surface area contributed by atoms with E-state index in [1.807, 2.05) is 6.92 Å². The van der Waals surface area contributed by atoms with Gasteiger partial charge in [-0.15, -0.1) is 0 Å². The van der Waals surface area contributed by atoms with E-state index in [2.05, 4.69) is 11.9 Å². The molecule has 1 amide bonds. The number of carbonyl (C=O) groups excluding carboxylic acids is 2. The van der Waals surface area contributed by atoms with Gasteiger partial charge in [0.15, 0.2) is 0 Å². The molecule has 0 heterocycles. The van der Waals surface area contributed by atoms with Crippen LogP contribution in [0.2, 0.25) is 5.32 Å². The third-order valence-electron chi connectivity index (χ3n) is 1.89. The number of nitrogens with one attached hydrogen (secondary N) is 1. The fourth-order valence-electron chi connectivity index (χ4n) is 1.12. The zero-order valence-corrected chi connectivity index (χ0v) is 15.9. The topological polar surface area (TPSA) is 64.6 Å². The van der Waals surface area contributed by atoms with Crippen LogP contribution in [0.25, 0.3) is 0 Å². The maximum absolute atomic E-state index is 11.9. The van der Waals surface area contributed by atoms with Crippen LogP contribution in [0.15, 0.2) is 12.2 Å². The van der Waals surface area contributed by atoms with E-state index in [-0.39, 0.29) is 6.61 Å². The maximum atomic E-state index is 11.9. The molecule has 0 saturated carbocycles. The Balaban J connectivity index is 4.42. The molecule has 0 bridgehead atoms. The summed E-state index contributed by atoms with van der Waals surface area (Å²) in [7, 11) is 1.63. The van der Waals surface area contributed by atoms with Gasteiger partial charge >= 0.3 is 137 Å². The number of ether oxygens (including phenoxy) is 2. The summed E-state index contributed by atoms with van der Waals surface area (Å²) in [6.45, 7) is 13.2. The Morgan fingerprint density at radius 1 is 1.38 bits per heavy atom. The standard InChI is InChI=1S/C14H25NO4SSe/c1-7-18-12(16)11(8-20-21-9-10(2)3)15-13(17)19-14(4,5)6/h11H,2,7-9H2,1,3-6H3,(H,15,17)/t11-/m0/s1. The molecule has 7 heteroatoms. The van der Waals surface area contributed by atoms with Crippen molar-refractivity contribution in [1.29, 1.82) is 0 Å². The summed E-state index contributed by atoms with van der Waals surface area (Å²) in [6.07, 6.45) is -0.603. The van der Waals surface area contributed by atoms with Crippen molar-refractivity contribution in [3.63, 3.8) is 0 Å². The molecule has 0 rings (SSSR count). The molecule has 0 fully saturated rings. The van der Waals surface area contributed by atoms with E-state index in [9.17, 15) is 9.59 Å². The summed E-state index contributed by atoms with van der Waals surface area (Å²) in [5.41, 5.74) is 0.524. The van der Waals surface area contributed by atoms with Crippen LogP contribution >= 0.6 is 10.2 Å². The van der Waals surface area contributed by atoms with E-state index in [0.29, 0.717) is 19.6 Å². The number of hydrogen-bond donors (Lipinski definition) is 1. The zero-order chi connectivity index (χ0) is 16.5. The van der Waals surface area contributed by atoms with Gasteiger partial charge in [-0.25, -0.2) is 0 Å². The van der Waals surface area contributed by atoms with Gasteiger partial charge in [0.2, 0.25) is 0 Å². The van der Waals surface area contributed by atoms with E-state index in [4.69, 9.17) is 9.47 Å². The molecule has 0 radical (unpaired) electrons. The van der Waals surface area contributed by atoms with Crippen LogP contribution in [0.3, 0.4) is 0 Å². The van der Waals surface area contributed by atoms with E-state index in [0.717, 1.165) is 10.9 Å². The second kappa shape index (κ2) is 10.1. The van der Waals surface area contributed by atoms with Gasteiger partial charge in [-0.1, -0.05) is 0 Å². The Bertz CT molecular complexity index is 368. The second-order valence-electron chi connectivity index (χ2n) is 5.45. The number of amides is 1. The average Bonchev–Trinajstić information content (AvgIpc) is 2.30. The molecule has 5 nitrogen and oxygen atoms in total. The van der Waals surface area contributed by atoms with Crippen molar-refractivity contribution in [2.75, 3.05) is 12.4 Å². The van der Waals surface area contributed by atoms with Gasteiger partial charge in [-0.05, 0) is 0 Å². The molecule has 0 aliphatic heterocycles. The van der Waals surface area contributed by atoms with Gasteiger partial charge in [0.1, 0.15) is 0 Å². The molecule has 0 aromatic rings. The molecule has 122 valence electrons. The van der Waals surface area contributed by atoms with E-state index >= 15 is 0 Å². The van der Waals surface area contributed by atoms with Crippen molar-refractivity contribution < 1.29 is 19.1 Å². The van der Waals surface area contributed by atoms with Gasteiger partial charge in [0, 0.05) is 0 Å². The molecular weight excluding hydrogens is 357 g/mol. The first-order chi connectivity index (χ1) is 9.65. The SMILES string of the molecule is C=C(C)C[Se]SC[C@H](NC(=O)OC(C)(C)C)C(=O)OCC. The molecular formula is C14H25NO4SSe. The second-order valence-corrected chi connectivity index (χ2v) is 9.83. The van der Waals surface area contributed by atoms with Crippen molar-refractivity contribution >= 4 is 36.1 Å². The van der Waals surface area contributed by atoms with E-state index in [1.54, 1.807) is 37.9 Å². The number of alkyl carbamates (subject to hydrolysis) is 1. The Kier molecular flexibility index (Phi) is 9.82. The van der Waals surface area contributed by atoms with Crippen molar-refractivity contribution in [2.45, 2.75) is 51.6 Å². The molecule has 1 atom stereocenters. The number of allylic oxidation sites excluding steroid dienone is 1. The van der Waals surface area contributed by atoms with Crippen molar-refractivity contribution in [2.24, 2.45) is 0 Å². The molecule has 0 spiro atoms. The minimum absolute atomic E-state index is 0.285. The summed E-state index contributed by atoms with van der Waals surface area (Å²) in [5, 5.41) is 3.52. The number of hydrogen-bond acceptors (Lipinski definition) is 5.